The molecule has 0 spiro atoms. The molecule has 0 saturated carbocycles. The lowest BCUT2D eigenvalue weighted by Crippen LogP contribution is -2.44. The Morgan fingerprint density at radius 2 is 1.77 bits per heavy atom. The number of hydrogen-bond donors (Lipinski definition) is 2. The Labute approximate surface area is 233 Å². The molecule has 212 valence electrons. The third-order valence-corrected chi connectivity index (χ3v) is 7.25. The number of carbonyl (C=O) groups excluding carboxylic acids is 3. The first-order chi connectivity index (χ1) is 19.4. The van der Waals surface area contributed by atoms with Crippen LogP contribution < -0.4 is 16.3 Å². The van der Waals surface area contributed by atoms with Gasteiger partial charge < -0.3 is 19.8 Å². The molecule has 2 aromatic carbocycles. The zero-order valence-corrected chi connectivity index (χ0v) is 22.9. The molecule has 1 saturated heterocycles. The van der Waals surface area contributed by atoms with Crippen LogP contribution in [0, 0.1) is 5.92 Å². The van der Waals surface area contributed by atoms with Crippen molar-refractivity contribution < 1.29 is 23.5 Å². The van der Waals surface area contributed by atoms with E-state index in [9.17, 15) is 19.2 Å². The summed E-state index contributed by atoms with van der Waals surface area (Å²) >= 11 is 0. The van der Waals surface area contributed by atoms with Crippen molar-refractivity contribution in [3.63, 3.8) is 0 Å². The summed E-state index contributed by atoms with van der Waals surface area (Å²) in [6.45, 7) is 5.41. The summed E-state index contributed by atoms with van der Waals surface area (Å²) in [5.41, 5.74) is 0.668. The van der Waals surface area contributed by atoms with Crippen molar-refractivity contribution in [2.75, 3.05) is 26.2 Å². The van der Waals surface area contributed by atoms with E-state index in [2.05, 4.69) is 39.8 Å². The van der Waals surface area contributed by atoms with Gasteiger partial charge in [0.25, 0.3) is 5.91 Å². The van der Waals surface area contributed by atoms with Crippen LogP contribution in [0.15, 0.2) is 69.9 Å². The van der Waals surface area contributed by atoms with E-state index < -0.39 is 23.5 Å². The maximum absolute atomic E-state index is 12.9. The highest BCUT2D eigenvalue weighted by Gasteiger charge is 2.26. The maximum Gasteiger partial charge on any atom is 0.349 e. The van der Waals surface area contributed by atoms with E-state index in [0.717, 1.165) is 38.9 Å². The lowest BCUT2D eigenvalue weighted by atomic mass is 9.93. The second kappa shape index (κ2) is 14.4. The number of para-hydroxylation sites is 1. The number of nitrogens with zero attached hydrogens (tertiary/aromatic N) is 1. The van der Waals surface area contributed by atoms with Gasteiger partial charge in [0.2, 0.25) is 5.91 Å². The van der Waals surface area contributed by atoms with Gasteiger partial charge in [-0.05, 0) is 69.3 Å². The number of benzene rings is 2. The van der Waals surface area contributed by atoms with Gasteiger partial charge in [-0.3, -0.25) is 14.5 Å². The molecular weight excluding hydrogens is 510 g/mol. The molecule has 2 amide bonds. The Balaban J connectivity index is 1.22. The molecule has 9 nitrogen and oxygen atoms in total. The predicted octanol–water partition coefficient (Wildman–Crippen LogP) is 3.65. The van der Waals surface area contributed by atoms with Crippen LogP contribution in [-0.2, 0) is 20.9 Å². The third kappa shape index (κ3) is 8.26. The van der Waals surface area contributed by atoms with Crippen LogP contribution in [-0.4, -0.2) is 55.0 Å². The van der Waals surface area contributed by atoms with Crippen LogP contribution in [0.5, 0.6) is 0 Å². The van der Waals surface area contributed by atoms with E-state index in [-0.39, 0.29) is 30.9 Å². The standard InChI is InChI=1S/C31H37N3O6/c1-2-39-31(38)26(33-29(36)25-20-24-10-6-7-11-27(24)40-30(25)37)12-13-28(35)32-17-14-22-15-18-34(19-16-22)21-23-8-4-3-5-9-23/h3-11,20,22,26H,2,12-19,21H2,1H3,(H,32,35)(H,33,36)/t26-/m0/s1. The SMILES string of the molecule is CCOC(=O)[C@H](CCC(=O)NCCC1CCN(Cc2ccccc2)CC1)NC(=O)c1cc2ccccc2oc1=O. The lowest BCUT2D eigenvalue weighted by Gasteiger charge is -2.32. The Bertz CT molecular complexity index is 1350. The number of hydrogen-bond acceptors (Lipinski definition) is 7. The quantitative estimate of drug-likeness (QED) is 0.263. The Morgan fingerprint density at radius 3 is 2.52 bits per heavy atom. The molecule has 1 aromatic heterocycles. The first-order valence-electron chi connectivity index (χ1n) is 14.0. The average Bonchev–Trinajstić information content (AvgIpc) is 2.96. The average molecular weight is 548 g/mol. The van der Waals surface area contributed by atoms with Crippen molar-refractivity contribution in [3.8, 4) is 0 Å². The van der Waals surface area contributed by atoms with Crippen molar-refractivity contribution in [3.05, 3.63) is 82.2 Å². The maximum atomic E-state index is 12.9. The van der Waals surface area contributed by atoms with E-state index in [4.69, 9.17) is 9.15 Å². The number of fused-ring (bicyclic) bond motifs is 1. The summed E-state index contributed by atoms with van der Waals surface area (Å²) in [6.07, 6.45) is 3.18. The zero-order valence-electron chi connectivity index (χ0n) is 22.9. The number of likely N-dealkylation sites (tertiary alicyclic amines) is 1. The van der Waals surface area contributed by atoms with Gasteiger partial charge in [0.1, 0.15) is 17.2 Å². The molecule has 1 aliphatic rings. The topological polar surface area (TPSA) is 118 Å². The van der Waals surface area contributed by atoms with Crippen LogP contribution in [0.4, 0.5) is 0 Å². The first kappa shape index (κ1) is 29.0. The fraction of sp³-hybridized carbons (Fsp3) is 0.419. The van der Waals surface area contributed by atoms with Gasteiger partial charge in [-0.25, -0.2) is 9.59 Å². The lowest BCUT2D eigenvalue weighted by molar-refractivity contribution is -0.145. The molecular formula is C31H37N3O6. The number of ether oxygens (including phenoxy) is 1. The Kier molecular flexibility index (Phi) is 10.5. The van der Waals surface area contributed by atoms with Gasteiger partial charge in [0.15, 0.2) is 0 Å². The summed E-state index contributed by atoms with van der Waals surface area (Å²) in [5.74, 6) is -1.05. The molecule has 1 atom stereocenters. The molecule has 0 bridgehead atoms. The fourth-order valence-corrected chi connectivity index (χ4v) is 5.00. The predicted molar refractivity (Wildman–Crippen MR) is 152 cm³/mol. The molecule has 0 radical (unpaired) electrons. The van der Waals surface area contributed by atoms with E-state index in [1.165, 1.54) is 11.6 Å². The monoisotopic (exact) mass is 547 g/mol. The summed E-state index contributed by atoms with van der Waals surface area (Å²) in [5, 5.41) is 6.07. The van der Waals surface area contributed by atoms with Crippen LogP contribution in [0.2, 0.25) is 0 Å². The molecule has 4 rings (SSSR count). The van der Waals surface area contributed by atoms with Crippen molar-refractivity contribution in [2.24, 2.45) is 5.92 Å². The summed E-state index contributed by atoms with van der Waals surface area (Å²) in [4.78, 5) is 52.7. The summed E-state index contributed by atoms with van der Waals surface area (Å²) in [7, 11) is 0. The third-order valence-electron chi connectivity index (χ3n) is 7.25. The first-order valence-corrected chi connectivity index (χ1v) is 14.0. The minimum absolute atomic E-state index is 0.0333. The molecule has 1 aliphatic heterocycles. The number of rotatable bonds is 12. The molecule has 9 heteroatoms. The largest absolute Gasteiger partial charge is 0.464 e. The van der Waals surface area contributed by atoms with Gasteiger partial charge in [0, 0.05) is 24.9 Å². The number of esters is 1. The molecule has 2 N–H and O–H groups in total. The normalized spacial score (nSPS) is 14.9. The minimum atomic E-state index is -1.07. The number of carbonyl (C=O) groups is 3. The molecule has 40 heavy (non-hydrogen) atoms. The van der Waals surface area contributed by atoms with Crippen molar-refractivity contribution in [1.29, 1.82) is 0 Å². The fourth-order valence-electron chi connectivity index (χ4n) is 5.00. The van der Waals surface area contributed by atoms with Gasteiger partial charge in [-0.2, -0.15) is 0 Å². The molecule has 0 unspecified atom stereocenters. The van der Waals surface area contributed by atoms with Crippen molar-refractivity contribution in [2.45, 2.75) is 51.6 Å². The van der Waals surface area contributed by atoms with E-state index in [1.54, 1.807) is 31.2 Å². The molecule has 2 heterocycles. The summed E-state index contributed by atoms with van der Waals surface area (Å²) in [6, 6.07) is 17.7. The molecule has 3 aromatic rings. The zero-order chi connectivity index (χ0) is 28.3. The second-order valence-electron chi connectivity index (χ2n) is 10.1. The van der Waals surface area contributed by atoms with Gasteiger partial charge >= 0.3 is 11.6 Å². The Morgan fingerprint density at radius 1 is 1.05 bits per heavy atom. The van der Waals surface area contributed by atoms with Crippen LogP contribution in [0.25, 0.3) is 11.0 Å². The van der Waals surface area contributed by atoms with Crippen molar-refractivity contribution >= 4 is 28.8 Å². The van der Waals surface area contributed by atoms with Gasteiger partial charge in [0.05, 0.1) is 6.61 Å². The van der Waals surface area contributed by atoms with Gasteiger partial charge in [-0.1, -0.05) is 48.5 Å². The number of piperidine rings is 1. The van der Waals surface area contributed by atoms with E-state index in [0.29, 0.717) is 23.4 Å². The van der Waals surface area contributed by atoms with Gasteiger partial charge in [-0.15, -0.1) is 0 Å². The molecule has 1 fully saturated rings. The van der Waals surface area contributed by atoms with Crippen LogP contribution in [0.1, 0.15) is 54.9 Å². The summed E-state index contributed by atoms with van der Waals surface area (Å²) < 4.78 is 10.3. The van der Waals surface area contributed by atoms with Crippen LogP contribution in [0.3, 0.4) is 0 Å². The van der Waals surface area contributed by atoms with Crippen LogP contribution >= 0.6 is 0 Å². The van der Waals surface area contributed by atoms with E-state index >= 15 is 0 Å². The smallest absolute Gasteiger partial charge is 0.349 e. The highest BCUT2D eigenvalue weighted by atomic mass is 16.5. The Hall–Kier alpha value is -3.98. The van der Waals surface area contributed by atoms with Crippen molar-refractivity contribution in [1.82, 2.24) is 15.5 Å². The number of amides is 2. The minimum Gasteiger partial charge on any atom is -0.464 e. The highest BCUT2D eigenvalue weighted by molar-refractivity contribution is 5.98. The second-order valence-corrected chi connectivity index (χ2v) is 10.1. The number of nitrogens with one attached hydrogen (secondary N) is 2. The van der Waals surface area contributed by atoms with E-state index in [1.807, 2.05) is 6.07 Å². The highest BCUT2D eigenvalue weighted by Crippen LogP contribution is 2.21. The molecule has 0 aliphatic carbocycles.